The lowest BCUT2D eigenvalue weighted by Crippen LogP contribution is -2.48. The summed E-state index contributed by atoms with van der Waals surface area (Å²) in [5.41, 5.74) is 4.44. The summed E-state index contributed by atoms with van der Waals surface area (Å²) in [6.07, 6.45) is -5.03. The first-order valence-corrected chi connectivity index (χ1v) is 7.68. The molecule has 1 aliphatic rings. The van der Waals surface area contributed by atoms with Gasteiger partial charge in [-0.2, -0.15) is 17.5 Å². The number of hydrogen-bond acceptors (Lipinski definition) is 4. The van der Waals surface area contributed by atoms with Crippen molar-refractivity contribution in [2.75, 3.05) is 26.2 Å². The van der Waals surface area contributed by atoms with Crippen LogP contribution < -0.4 is 5.73 Å². The van der Waals surface area contributed by atoms with Crippen LogP contribution in [-0.4, -0.2) is 45.1 Å². The van der Waals surface area contributed by atoms with Crippen LogP contribution in [0.25, 0.3) is 0 Å². The van der Waals surface area contributed by atoms with Gasteiger partial charge in [0.25, 0.3) is 0 Å². The number of ether oxygens (including phenoxy) is 1. The van der Waals surface area contributed by atoms with Gasteiger partial charge in [0.1, 0.15) is 0 Å². The first-order valence-electron chi connectivity index (χ1n) is 6.24. The van der Waals surface area contributed by atoms with Crippen molar-refractivity contribution in [2.45, 2.75) is 17.2 Å². The third-order valence-corrected chi connectivity index (χ3v) is 5.02. The van der Waals surface area contributed by atoms with E-state index in [1.165, 1.54) is 0 Å². The summed E-state index contributed by atoms with van der Waals surface area (Å²) < 4.78 is 69.1. The van der Waals surface area contributed by atoms with Crippen molar-refractivity contribution in [3.63, 3.8) is 0 Å². The van der Waals surface area contributed by atoms with Gasteiger partial charge in [-0.25, -0.2) is 8.42 Å². The largest absolute Gasteiger partial charge is 0.416 e. The Morgan fingerprint density at radius 1 is 1.36 bits per heavy atom. The van der Waals surface area contributed by atoms with Crippen LogP contribution in [0.4, 0.5) is 13.2 Å². The van der Waals surface area contributed by atoms with Crippen LogP contribution in [0.5, 0.6) is 0 Å². The third kappa shape index (κ3) is 4.11. The van der Waals surface area contributed by atoms with Crippen LogP contribution >= 0.6 is 12.4 Å². The van der Waals surface area contributed by atoms with Crippen molar-refractivity contribution in [3.8, 4) is 0 Å². The highest BCUT2D eigenvalue weighted by molar-refractivity contribution is 7.89. The van der Waals surface area contributed by atoms with Crippen LogP contribution in [0.15, 0.2) is 29.2 Å². The second-order valence-corrected chi connectivity index (χ2v) is 6.56. The molecule has 0 spiro atoms. The van der Waals surface area contributed by atoms with Crippen molar-refractivity contribution < 1.29 is 26.3 Å². The Bertz CT molecular complexity index is 610. The Morgan fingerprint density at radius 2 is 2.05 bits per heavy atom. The first kappa shape index (κ1) is 19.2. The molecule has 0 aromatic heterocycles. The minimum Gasteiger partial charge on any atom is -0.374 e. The molecule has 1 aromatic rings. The van der Waals surface area contributed by atoms with E-state index < -0.39 is 27.9 Å². The fraction of sp³-hybridized carbons (Fsp3) is 0.500. The number of benzene rings is 1. The fourth-order valence-electron chi connectivity index (χ4n) is 2.04. The maximum absolute atomic E-state index is 12.7. The molecule has 2 rings (SSSR count). The molecule has 0 bridgehead atoms. The minimum absolute atomic E-state index is 0. The van der Waals surface area contributed by atoms with Crippen molar-refractivity contribution >= 4 is 22.4 Å². The molecule has 5 nitrogen and oxygen atoms in total. The lowest BCUT2D eigenvalue weighted by atomic mass is 10.2. The minimum atomic E-state index is -4.59. The van der Waals surface area contributed by atoms with E-state index in [1.807, 2.05) is 0 Å². The average molecular weight is 361 g/mol. The normalized spacial score (nSPS) is 20.5. The monoisotopic (exact) mass is 360 g/mol. The number of alkyl halides is 3. The number of nitrogens with zero attached hydrogens (tertiary/aromatic N) is 1. The number of sulfonamides is 1. The first-order chi connectivity index (χ1) is 9.75. The number of nitrogens with two attached hydrogens (primary N) is 1. The highest BCUT2D eigenvalue weighted by Crippen LogP contribution is 2.31. The van der Waals surface area contributed by atoms with E-state index in [0.29, 0.717) is 6.07 Å². The fourth-order valence-corrected chi connectivity index (χ4v) is 3.54. The Labute approximate surface area is 132 Å². The molecule has 1 fully saturated rings. The van der Waals surface area contributed by atoms with E-state index in [2.05, 4.69) is 0 Å². The lowest BCUT2D eigenvalue weighted by molar-refractivity contribution is -0.137. The van der Waals surface area contributed by atoms with Crippen molar-refractivity contribution in [2.24, 2.45) is 5.73 Å². The van der Waals surface area contributed by atoms with Crippen molar-refractivity contribution in [1.29, 1.82) is 0 Å². The maximum Gasteiger partial charge on any atom is 0.416 e. The van der Waals surface area contributed by atoms with Gasteiger partial charge in [0, 0.05) is 19.6 Å². The maximum atomic E-state index is 12.7. The number of hydrogen-bond donors (Lipinski definition) is 1. The van der Waals surface area contributed by atoms with E-state index in [1.54, 1.807) is 0 Å². The zero-order valence-corrected chi connectivity index (χ0v) is 13.0. The molecule has 10 heteroatoms. The number of morpholine rings is 1. The molecular weight excluding hydrogens is 345 g/mol. The summed E-state index contributed by atoms with van der Waals surface area (Å²) in [5, 5.41) is 0. The van der Waals surface area contributed by atoms with Gasteiger partial charge in [-0.05, 0) is 18.2 Å². The molecular formula is C12H16ClF3N2O3S. The zero-order valence-electron chi connectivity index (χ0n) is 11.4. The molecule has 1 aromatic carbocycles. The highest BCUT2D eigenvalue weighted by atomic mass is 35.5. The van der Waals surface area contributed by atoms with Gasteiger partial charge in [-0.1, -0.05) is 6.07 Å². The zero-order chi connectivity index (χ0) is 15.7. The summed E-state index contributed by atoms with van der Waals surface area (Å²) in [6.45, 7) is 0.443. The molecule has 1 atom stereocenters. The molecule has 1 saturated heterocycles. The number of rotatable bonds is 3. The summed E-state index contributed by atoms with van der Waals surface area (Å²) >= 11 is 0. The Kier molecular flexibility index (Phi) is 6.22. The Hall–Kier alpha value is -0.870. The van der Waals surface area contributed by atoms with Crippen LogP contribution in [0, 0.1) is 0 Å². The van der Waals surface area contributed by atoms with Gasteiger partial charge >= 0.3 is 6.18 Å². The molecule has 0 radical (unpaired) electrons. The summed E-state index contributed by atoms with van der Waals surface area (Å²) in [5.74, 6) is 0. The van der Waals surface area contributed by atoms with Gasteiger partial charge in [-0.3, -0.25) is 0 Å². The molecule has 0 amide bonds. The van der Waals surface area contributed by atoms with Crippen molar-refractivity contribution in [1.82, 2.24) is 4.31 Å². The second-order valence-electron chi connectivity index (χ2n) is 4.62. The summed E-state index contributed by atoms with van der Waals surface area (Å²) in [6, 6.07) is 3.71. The van der Waals surface area contributed by atoms with Gasteiger partial charge in [0.15, 0.2) is 0 Å². The SMILES string of the molecule is Cl.NCC1CN(S(=O)(=O)c2cccc(C(F)(F)F)c2)CCO1. The van der Waals surface area contributed by atoms with E-state index in [4.69, 9.17) is 10.5 Å². The molecule has 0 aliphatic carbocycles. The summed E-state index contributed by atoms with van der Waals surface area (Å²) in [7, 11) is -3.99. The van der Waals surface area contributed by atoms with Gasteiger partial charge < -0.3 is 10.5 Å². The van der Waals surface area contributed by atoms with E-state index >= 15 is 0 Å². The number of halogens is 4. The Morgan fingerprint density at radius 3 is 2.64 bits per heavy atom. The van der Waals surface area contributed by atoms with Crippen LogP contribution in [0.3, 0.4) is 0 Å². The quantitative estimate of drug-likeness (QED) is 0.886. The van der Waals surface area contributed by atoms with E-state index in [-0.39, 0.29) is 43.5 Å². The van der Waals surface area contributed by atoms with Crippen LogP contribution in [0.1, 0.15) is 5.56 Å². The molecule has 1 heterocycles. The summed E-state index contributed by atoms with van der Waals surface area (Å²) in [4.78, 5) is -0.380. The molecule has 22 heavy (non-hydrogen) atoms. The van der Waals surface area contributed by atoms with E-state index in [9.17, 15) is 21.6 Å². The smallest absolute Gasteiger partial charge is 0.374 e. The molecule has 1 unspecified atom stereocenters. The highest BCUT2D eigenvalue weighted by Gasteiger charge is 2.34. The lowest BCUT2D eigenvalue weighted by Gasteiger charge is -2.31. The molecule has 2 N–H and O–H groups in total. The topological polar surface area (TPSA) is 72.6 Å². The standard InChI is InChI=1S/C12H15F3N2O3S.ClH/c13-12(14,15)9-2-1-3-11(6-9)21(18,19)17-4-5-20-10(7-16)8-17;/h1-3,6,10H,4-5,7-8,16H2;1H. The third-order valence-electron chi connectivity index (χ3n) is 3.16. The van der Waals surface area contributed by atoms with Gasteiger partial charge in [0.05, 0.1) is 23.2 Å². The van der Waals surface area contributed by atoms with Gasteiger partial charge in [-0.15, -0.1) is 12.4 Å². The van der Waals surface area contributed by atoms with Gasteiger partial charge in [0.2, 0.25) is 10.0 Å². The average Bonchev–Trinajstić information content (AvgIpc) is 2.46. The predicted octanol–water partition coefficient (Wildman–Crippen LogP) is 1.48. The van der Waals surface area contributed by atoms with Crippen LogP contribution in [0.2, 0.25) is 0 Å². The molecule has 126 valence electrons. The predicted molar refractivity (Wildman–Crippen MR) is 76.2 cm³/mol. The van der Waals surface area contributed by atoms with Crippen LogP contribution in [-0.2, 0) is 20.9 Å². The Balaban J connectivity index is 0.00000242. The van der Waals surface area contributed by atoms with Crippen molar-refractivity contribution in [3.05, 3.63) is 29.8 Å². The van der Waals surface area contributed by atoms with E-state index in [0.717, 1.165) is 22.5 Å². The molecule has 1 aliphatic heterocycles. The second kappa shape index (κ2) is 7.14. The molecule has 0 saturated carbocycles.